The van der Waals surface area contributed by atoms with Crippen LogP contribution in [-0.2, 0) is 57.5 Å². The highest BCUT2D eigenvalue weighted by Gasteiger charge is 2.56. The summed E-state index contributed by atoms with van der Waals surface area (Å²) in [4.78, 5) is 192. The molecule has 2 saturated heterocycles. The van der Waals surface area contributed by atoms with E-state index in [0.29, 0.717) is 57.3 Å². The molecule has 104 heavy (non-hydrogen) atoms. The Hall–Kier alpha value is -6.97. The Labute approximate surface area is 611 Å². The molecule has 6 fully saturated rings. The zero-order valence-electron chi connectivity index (χ0n) is 64.0. The molecule has 12 amide bonds. The van der Waals surface area contributed by atoms with Crippen LogP contribution in [0.2, 0.25) is 0 Å². The van der Waals surface area contributed by atoms with Crippen LogP contribution < -0.4 is 16.0 Å². The van der Waals surface area contributed by atoms with E-state index in [1.165, 1.54) is 85.8 Å². The molecule has 3 aliphatic heterocycles. The number of likely N-dealkylation sites (N-methyl/N-ethyl adjacent to an activating group) is 7. The number of hydrogen-bond acceptors (Lipinski definition) is 12. The first-order valence-electron chi connectivity index (χ1n) is 38.1. The minimum Gasteiger partial charge on any atom is -0.347 e. The lowest BCUT2D eigenvalue weighted by atomic mass is 9.74. The topological polar surface area (TPSA) is 270 Å². The second-order valence-corrected chi connectivity index (χ2v) is 32.2. The maximum Gasteiger partial charge on any atom is 0.397 e. The molecule has 24 nitrogen and oxygen atoms in total. The van der Waals surface area contributed by atoms with E-state index < -0.39 is 199 Å². The molecule has 4 aliphatic carbocycles. The summed E-state index contributed by atoms with van der Waals surface area (Å²) in [6.07, 6.45) is -1.34. The smallest absolute Gasteiger partial charge is 0.347 e. The van der Waals surface area contributed by atoms with Crippen LogP contribution in [0.3, 0.4) is 0 Å². The third kappa shape index (κ3) is 20.2. The predicted octanol–water partition coefficient (Wildman–Crippen LogP) is 6.43. The van der Waals surface area contributed by atoms with Gasteiger partial charge >= 0.3 is 6.18 Å². The molecule has 2 unspecified atom stereocenters. The molecular formula is C75H119F5N12O12. The summed E-state index contributed by atoms with van der Waals surface area (Å²) in [6, 6.07) is -10.3. The Morgan fingerprint density at radius 2 is 1.27 bits per heavy atom. The summed E-state index contributed by atoms with van der Waals surface area (Å²) in [5.74, 6) is -13.2. The van der Waals surface area contributed by atoms with E-state index in [-0.39, 0.29) is 82.2 Å². The highest BCUT2D eigenvalue weighted by Crippen LogP contribution is 2.45. The number of hydrogen-bond donors (Lipinski definition) is 3. The third-order valence-corrected chi connectivity index (χ3v) is 24.0. The van der Waals surface area contributed by atoms with Gasteiger partial charge in [0.2, 0.25) is 70.9 Å². The Bertz CT molecular complexity index is 3090. The Kier molecular flexibility index (Phi) is 29.6. The highest BCUT2D eigenvalue weighted by atomic mass is 19.4. The minimum absolute atomic E-state index is 0.0217. The molecular weight excluding hydrogens is 1360 g/mol. The molecule has 4 saturated carbocycles. The number of alkyl halides is 5. The minimum atomic E-state index is -5.16. The fourth-order valence-electron chi connectivity index (χ4n) is 16.9. The molecule has 0 radical (unpaired) electrons. The van der Waals surface area contributed by atoms with Gasteiger partial charge in [0.25, 0.3) is 0 Å². The SMILES string of the molecule is CC[C@@H]1C[C@H]2C(=O)NC3(CCC3)C(=O)N(C)[C@@H](C3CCCC3)C(=O)N(C)[C@H](C(=O)N(C)C)CC(=O)N(C)[C@@H](CC(C)C)C(=O)N[C@@H]([C@@H](C)CC)C(=O)N(C)CC(=O)N(C)[C@H]3C/C=C\CCN(C3=O)[C@@H](CC3CCC(C)CC3)C(=O)N(C)CC(=O)N[C@@H](CCC3CC(F)C(C(F)(F)F)C(F)C3)C(=O)N2C1. The van der Waals surface area contributed by atoms with Crippen molar-refractivity contribution in [2.45, 2.75) is 262 Å². The van der Waals surface area contributed by atoms with Crippen molar-refractivity contribution in [2.24, 2.45) is 47.3 Å². The zero-order chi connectivity index (χ0) is 77.1. The third-order valence-electron chi connectivity index (χ3n) is 24.0. The number of nitrogens with one attached hydrogen (secondary N) is 3. The number of amides is 12. The average Bonchev–Trinajstić information content (AvgIpc) is 1.18. The molecule has 0 aromatic heterocycles. The zero-order valence-corrected chi connectivity index (χ0v) is 64.0. The van der Waals surface area contributed by atoms with Crippen LogP contribution in [0.1, 0.15) is 189 Å². The van der Waals surface area contributed by atoms with Crippen molar-refractivity contribution < 1.29 is 79.5 Å². The molecule has 3 heterocycles. The van der Waals surface area contributed by atoms with E-state index in [1.54, 1.807) is 13.0 Å². The Morgan fingerprint density at radius 3 is 1.84 bits per heavy atom. The number of carbonyl (C=O) groups is 12. The van der Waals surface area contributed by atoms with Crippen LogP contribution in [0.4, 0.5) is 22.0 Å². The quantitative estimate of drug-likeness (QED) is 0.141. The number of carbonyl (C=O) groups excluding carboxylic acids is 12. The monoisotopic (exact) mass is 1470 g/mol. The van der Waals surface area contributed by atoms with Crippen molar-refractivity contribution in [3.63, 3.8) is 0 Å². The van der Waals surface area contributed by atoms with E-state index >= 15 is 37.5 Å². The summed E-state index contributed by atoms with van der Waals surface area (Å²) in [5.41, 5.74) is -1.60. The summed E-state index contributed by atoms with van der Waals surface area (Å²) in [6.45, 7) is 10.0. The number of nitrogens with zero attached hydrogens (tertiary/aromatic N) is 9. The maximum atomic E-state index is 15.5. The van der Waals surface area contributed by atoms with E-state index in [4.69, 9.17) is 0 Å². The maximum absolute atomic E-state index is 15.5. The van der Waals surface area contributed by atoms with Gasteiger partial charge in [-0.15, -0.1) is 0 Å². The highest BCUT2D eigenvalue weighted by molar-refractivity contribution is 6.01. The average molecular weight is 1480 g/mol. The lowest BCUT2D eigenvalue weighted by Gasteiger charge is -2.46. The van der Waals surface area contributed by atoms with Crippen LogP contribution in [0.15, 0.2) is 12.2 Å². The van der Waals surface area contributed by atoms with E-state index in [1.807, 2.05) is 33.8 Å². The van der Waals surface area contributed by atoms with Crippen molar-refractivity contribution in [3.05, 3.63) is 12.2 Å². The Morgan fingerprint density at radius 1 is 0.644 bits per heavy atom. The fourth-order valence-corrected chi connectivity index (χ4v) is 16.9. The van der Waals surface area contributed by atoms with E-state index in [2.05, 4.69) is 22.9 Å². The number of fused-ring (bicyclic) bond motifs is 3. The Balaban J connectivity index is 1.31. The van der Waals surface area contributed by atoms with Gasteiger partial charge in [-0.25, -0.2) is 8.78 Å². The van der Waals surface area contributed by atoms with E-state index in [9.17, 15) is 41.9 Å². The molecule has 7 aliphatic rings. The van der Waals surface area contributed by atoms with Crippen LogP contribution in [0.5, 0.6) is 0 Å². The first-order chi connectivity index (χ1) is 48.9. The molecule has 3 N–H and O–H groups in total. The molecule has 2 bridgehead atoms. The largest absolute Gasteiger partial charge is 0.397 e. The standard InChI is InChI=1S/C75H119F5N12O12/c1-15-46(6)63-71(102)86(10)43-61(95)87(11)54-25-18-17-21-34-91(70(54)101)58(39-48-28-26-45(5)27-29-48)69(100)85(9)42-59(93)81-53(31-30-49-36-51(76)62(52(77)37-49)75(78,79)80)67(98)92-41-47(16-2)38-56(92)66(97)83-74(32-22-33-74)73(104)90(14)64(50-23-19-20-24-50)72(103)89(13)57(68(99)84(7)8)40-60(94)88(12)55(35-44(3)4)65(96)82-63/h17-18,44-58,62-64H,15-16,19-43H2,1-14H3,(H,81,93)(H,82,96)(H,83,97)/b18-17-/t45?,46-,47+,48?,49?,51?,52?,53-,54-,55-,56-,57-,58-,62?,63-,64-/m0/s1. The predicted molar refractivity (Wildman–Crippen MR) is 379 cm³/mol. The second kappa shape index (κ2) is 36.6. The first-order valence-corrected chi connectivity index (χ1v) is 38.1. The van der Waals surface area contributed by atoms with Crippen LogP contribution in [-0.4, -0.2) is 270 Å². The summed E-state index contributed by atoms with van der Waals surface area (Å²) in [5, 5.41) is 8.66. The van der Waals surface area contributed by atoms with Gasteiger partial charge in [-0.3, -0.25) is 57.5 Å². The molecule has 0 aromatic carbocycles. The lowest BCUT2D eigenvalue weighted by Crippen LogP contribution is -2.68. The summed E-state index contributed by atoms with van der Waals surface area (Å²) < 4.78 is 72.8. The molecule has 29 heteroatoms. The van der Waals surface area contributed by atoms with Gasteiger partial charge in [-0.1, -0.05) is 105 Å². The molecule has 1 spiro atoms. The van der Waals surface area contributed by atoms with Gasteiger partial charge < -0.3 is 60.0 Å². The molecule has 12 atom stereocenters. The van der Waals surface area contributed by atoms with Gasteiger partial charge in [-0.2, -0.15) is 13.2 Å². The van der Waals surface area contributed by atoms with Crippen LogP contribution >= 0.6 is 0 Å². The molecule has 586 valence electrons. The van der Waals surface area contributed by atoms with Gasteiger partial charge in [-0.05, 0) is 131 Å². The van der Waals surface area contributed by atoms with Gasteiger partial charge in [0, 0.05) is 69.5 Å². The van der Waals surface area contributed by atoms with Crippen molar-refractivity contribution in [1.82, 2.24) is 60.0 Å². The van der Waals surface area contributed by atoms with Crippen LogP contribution in [0.25, 0.3) is 0 Å². The summed E-state index contributed by atoms with van der Waals surface area (Å²) in [7, 11) is 11.4. The van der Waals surface area contributed by atoms with Crippen molar-refractivity contribution in [2.75, 3.05) is 82.6 Å². The van der Waals surface area contributed by atoms with Gasteiger partial charge in [0.05, 0.1) is 19.5 Å². The normalized spacial score (nSPS) is 32.6. The van der Waals surface area contributed by atoms with E-state index in [0.717, 1.165) is 40.4 Å². The van der Waals surface area contributed by atoms with Crippen molar-refractivity contribution >= 4 is 70.9 Å². The molecule has 0 aromatic rings. The van der Waals surface area contributed by atoms with Crippen molar-refractivity contribution in [3.8, 4) is 0 Å². The fraction of sp³-hybridized carbons (Fsp3) is 0.813. The van der Waals surface area contributed by atoms with Crippen LogP contribution in [0, 0.1) is 47.3 Å². The number of rotatable bonds is 12. The first kappa shape index (κ1) is 84.3. The number of halogens is 5. The van der Waals surface area contributed by atoms with Crippen molar-refractivity contribution in [1.29, 1.82) is 0 Å². The molecule has 7 rings (SSSR count). The summed E-state index contributed by atoms with van der Waals surface area (Å²) >= 11 is 0. The van der Waals surface area contributed by atoms with Gasteiger partial charge in [0.15, 0.2) is 0 Å². The van der Waals surface area contributed by atoms with Gasteiger partial charge in [0.1, 0.15) is 72.1 Å². The second-order valence-electron chi connectivity index (χ2n) is 32.2. The lowest BCUT2D eigenvalue weighted by molar-refractivity contribution is -0.219.